The molecular weight excluding hydrogens is 339 g/mol. The second-order valence-electron chi connectivity index (χ2n) is 5.65. The first-order valence-electron chi connectivity index (χ1n) is 7.69. The first-order chi connectivity index (χ1) is 12.1. The number of carbonyl (C=O) groups is 1. The first kappa shape index (κ1) is 15.5. The van der Waals surface area contributed by atoms with E-state index in [2.05, 4.69) is 5.32 Å². The Morgan fingerprint density at radius 3 is 2.56 bits per heavy atom. The zero-order valence-corrected chi connectivity index (χ0v) is 13.8. The molecule has 124 valence electrons. The quantitative estimate of drug-likeness (QED) is 0.606. The third kappa shape index (κ3) is 2.92. The van der Waals surface area contributed by atoms with E-state index in [-0.39, 0.29) is 23.8 Å². The van der Waals surface area contributed by atoms with Crippen molar-refractivity contribution in [3.05, 3.63) is 76.8 Å². The zero-order valence-electron chi connectivity index (χ0n) is 13.0. The Morgan fingerprint density at radius 1 is 1.00 bits per heavy atom. The van der Waals surface area contributed by atoms with Crippen LogP contribution in [0.1, 0.15) is 0 Å². The number of hydrogen-bond acceptors (Lipinski definition) is 3. The van der Waals surface area contributed by atoms with Crippen molar-refractivity contribution < 1.29 is 9.18 Å². The lowest BCUT2D eigenvalue weighted by Crippen LogP contribution is -2.23. The third-order valence-electron chi connectivity index (χ3n) is 3.95. The van der Waals surface area contributed by atoms with E-state index in [1.54, 1.807) is 6.07 Å². The summed E-state index contributed by atoms with van der Waals surface area (Å²) in [7, 11) is 0. The van der Waals surface area contributed by atoms with Gasteiger partial charge in [0.05, 0.1) is 10.1 Å². The second-order valence-corrected chi connectivity index (χ2v) is 6.68. The third-order valence-corrected chi connectivity index (χ3v) is 5.09. The summed E-state index contributed by atoms with van der Waals surface area (Å²) < 4.78 is 15.2. The molecule has 0 saturated carbocycles. The van der Waals surface area contributed by atoms with Crippen LogP contribution in [0.4, 0.5) is 10.1 Å². The molecule has 25 heavy (non-hydrogen) atoms. The maximum absolute atomic E-state index is 12.9. The molecule has 0 radical (unpaired) electrons. The van der Waals surface area contributed by atoms with Crippen LogP contribution in [0.25, 0.3) is 20.9 Å². The van der Waals surface area contributed by atoms with Crippen molar-refractivity contribution >= 4 is 44.0 Å². The summed E-state index contributed by atoms with van der Waals surface area (Å²) in [5, 5.41) is 5.33. The number of aromatic nitrogens is 1. The number of hydrogen-bond donors (Lipinski definition) is 1. The number of fused-ring (bicyclic) bond motifs is 3. The highest BCUT2D eigenvalue weighted by Crippen LogP contribution is 2.27. The molecule has 0 atom stereocenters. The fourth-order valence-electron chi connectivity index (χ4n) is 2.76. The smallest absolute Gasteiger partial charge is 0.269 e. The predicted octanol–water partition coefficient (Wildman–Crippen LogP) is 3.99. The molecule has 0 unspecified atom stereocenters. The molecular formula is C19H13FN2O2S. The van der Waals surface area contributed by atoms with Gasteiger partial charge in [-0.1, -0.05) is 41.9 Å². The lowest BCUT2D eigenvalue weighted by molar-refractivity contribution is -0.116. The van der Waals surface area contributed by atoms with Crippen LogP contribution in [0.2, 0.25) is 0 Å². The van der Waals surface area contributed by atoms with Gasteiger partial charge in [0, 0.05) is 11.1 Å². The van der Waals surface area contributed by atoms with Crippen molar-refractivity contribution in [2.45, 2.75) is 6.54 Å². The average molecular weight is 352 g/mol. The van der Waals surface area contributed by atoms with Gasteiger partial charge >= 0.3 is 0 Å². The molecule has 3 aromatic carbocycles. The highest BCUT2D eigenvalue weighted by molar-refractivity contribution is 7.15. The molecule has 4 nitrogen and oxygen atoms in total. The number of benzene rings is 3. The summed E-state index contributed by atoms with van der Waals surface area (Å²) in [6.07, 6.45) is 0. The summed E-state index contributed by atoms with van der Waals surface area (Å²) >= 11 is 1.28. The highest BCUT2D eigenvalue weighted by Gasteiger charge is 2.13. The van der Waals surface area contributed by atoms with E-state index >= 15 is 0 Å². The van der Waals surface area contributed by atoms with Gasteiger partial charge in [-0.3, -0.25) is 13.5 Å². The zero-order chi connectivity index (χ0) is 17.4. The molecule has 1 aromatic heterocycles. The number of halogens is 1. The van der Waals surface area contributed by atoms with Gasteiger partial charge in [0.2, 0.25) is 5.91 Å². The molecule has 6 heteroatoms. The van der Waals surface area contributed by atoms with E-state index in [1.165, 1.54) is 39.8 Å². The minimum atomic E-state index is -0.370. The Morgan fingerprint density at radius 2 is 1.76 bits per heavy atom. The molecule has 4 aromatic rings. The molecule has 0 aliphatic heterocycles. The summed E-state index contributed by atoms with van der Waals surface area (Å²) in [4.78, 5) is 24.8. The molecule has 1 heterocycles. The van der Waals surface area contributed by atoms with Crippen LogP contribution in [0, 0.1) is 5.82 Å². The van der Waals surface area contributed by atoms with E-state index in [9.17, 15) is 14.0 Å². The predicted molar refractivity (Wildman–Crippen MR) is 98.6 cm³/mol. The van der Waals surface area contributed by atoms with E-state index in [0.29, 0.717) is 11.1 Å². The lowest BCUT2D eigenvalue weighted by Gasteiger charge is -2.04. The van der Waals surface area contributed by atoms with E-state index in [0.717, 1.165) is 15.5 Å². The standard InChI is InChI=1S/C19H13FN2O2S/c20-13-6-8-14(9-7-13)21-17(23)11-22-19(24)16-10-5-12-3-1-2-4-15(12)18(16)25-22/h1-10H,11H2,(H,21,23). The summed E-state index contributed by atoms with van der Waals surface area (Å²) in [5.74, 6) is -0.699. The number of amides is 1. The largest absolute Gasteiger partial charge is 0.325 e. The van der Waals surface area contributed by atoms with Crippen LogP contribution >= 0.6 is 11.5 Å². The molecule has 0 spiro atoms. The number of nitrogens with one attached hydrogen (secondary N) is 1. The maximum Gasteiger partial charge on any atom is 0.269 e. The Kier molecular flexibility index (Phi) is 3.82. The molecule has 1 amide bonds. The minimum Gasteiger partial charge on any atom is -0.325 e. The Hall–Kier alpha value is -2.99. The van der Waals surface area contributed by atoms with Gasteiger partial charge in [-0.25, -0.2) is 4.39 Å². The molecule has 0 bridgehead atoms. The number of rotatable bonds is 3. The molecule has 0 saturated heterocycles. The lowest BCUT2D eigenvalue weighted by atomic mass is 10.1. The van der Waals surface area contributed by atoms with Gasteiger partial charge in [-0.05, 0) is 35.7 Å². The Bertz CT molecular complexity index is 1150. The fraction of sp³-hybridized carbons (Fsp3) is 0.0526. The van der Waals surface area contributed by atoms with Crippen LogP contribution in [-0.4, -0.2) is 9.86 Å². The second kappa shape index (κ2) is 6.14. The Balaban J connectivity index is 1.66. The monoisotopic (exact) mass is 352 g/mol. The van der Waals surface area contributed by atoms with E-state index < -0.39 is 0 Å². The minimum absolute atomic E-state index is 0.0795. The van der Waals surface area contributed by atoms with Crippen LogP contribution in [0.5, 0.6) is 0 Å². The SMILES string of the molecule is O=C(Cn1sc2c(ccc3ccccc32)c1=O)Nc1ccc(F)cc1. The highest BCUT2D eigenvalue weighted by atomic mass is 32.1. The molecule has 1 N–H and O–H groups in total. The maximum atomic E-state index is 12.9. The summed E-state index contributed by atoms with van der Waals surface area (Å²) in [6.45, 7) is -0.0795. The Labute approximate surface area is 146 Å². The summed E-state index contributed by atoms with van der Waals surface area (Å²) in [5.41, 5.74) is 0.311. The van der Waals surface area contributed by atoms with Crippen LogP contribution in [0.3, 0.4) is 0 Å². The fourth-order valence-corrected chi connectivity index (χ4v) is 3.89. The average Bonchev–Trinajstić information content (AvgIpc) is 2.93. The van der Waals surface area contributed by atoms with Gasteiger partial charge in [-0.15, -0.1) is 0 Å². The van der Waals surface area contributed by atoms with Gasteiger partial charge in [0.25, 0.3) is 5.56 Å². The van der Waals surface area contributed by atoms with Crippen molar-refractivity contribution in [1.29, 1.82) is 0 Å². The molecule has 0 fully saturated rings. The van der Waals surface area contributed by atoms with Crippen molar-refractivity contribution in [2.75, 3.05) is 5.32 Å². The van der Waals surface area contributed by atoms with Crippen molar-refractivity contribution in [2.24, 2.45) is 0 Å². The topological polar surface area (TPSA) is 51.1 Å². The number of anilines is 1. The van der Waals surface area contributed by atoms with Crippen molar-refractivity contribution in [1.82, 2.24) is 3.96 Å². The van der Waals surface area contributed by atoms with Crippen LogP contribution < -0.4 is 10.9 Å². The van der Waals surface area contributed by atoms with Crippen molar-refractivity contribution in [3.8, 4) is 0 Å². The normalized spacial score (nSPS) is 11.1. The van der Waals surface area contributed by atoms with Gasteiger partial charge < -0.3 is 5.32 Å². The molecule has 4 rings (SSSR count). The van der Waals surface area contributed by atoms with Gasteiger partial charge in [-0.2, -0.15) is 0 Å². The van der Waals surface area contributed by atoms with Crippen LogP contribution in [-0.2, 0) is 11.3 Å². The van der Waals surface area contributed by atoms with Gasteiger partial charge in [0.1, 0.15) is 12.4 Å². The number of carbonyl (C=O) groups excluding carboxylic acids is 1. The van der Waals surface area contributed by atoms with Gasteiger partial charge in [0.15, 0.2) is 0 Å². The summed E-state index contributed by atoms with van der Waals surface area (Å²) in [6, 6.07) is 17.0. The molecule has 0 aliphatic carbocycles. The van der Waals surface area contributed by atoms with Crippen molar-refractivity contribution in [3.63, 3.8) is 0 Å². The first-order valence-corrected chi connectivity index (χ1v) is 8.46. The molecule has 0 aliphatic rings. The number of nitrogens with zero attached hydrogens (tertiary/aromatic N) is 1. The van der Waals surface area contributed by atoms with E-state index in [1.807, 2.05) is 30.3 Å². The van der Waals surface area contributed by atoms with E-state index in [4.69, 9.17) is 0 Å². The van der Waals surface area contributed by atoms with Crippen LogP contribution in [0.15, 0.2) is 65.5 Å².